The second kappa shape index (κ2) is 49.2. The molecule has 6 aromatic rings. The van der Waals surface area contributed by atoms with Gasteiger partial charge < -0.3 is 98.6 Å². The number of methoxy groups -OCH3 is 10. The molecule has 2 fully saturated rings. The van der Waals surface area contributed by atoms with Crippen LogP contribution in [0.25, 0.3) is 0 Å². The number of carbonyl (C=O) groups excluding carboxylic acids is 2. The molecular formula is C71H110N14O18S3. The topological polar surface area (TPSA) is 392 Å². The van der Waals surface area contributed by atoms with Gasteiger partial charge >= 0.3 is 12.2 Å². The van der Waals surface area contributed by atoms with Gasteiger partial charge in [-0.3, -0.25) is 0 Å². The molecule has 4 heterocycles. The molecule has 0 saturated heterocycles. The molecule has 2 amide bonds. The summed E-state index contributed by atoms with van der Waals surface area (Å²) >= 11 is 2.86. The molecule has 0 unspecified atom stereocenters. The van der Waals surface area contributed by atoms with Crippen molar-refractivity contribution >= 4 is 51.5 Å². The molecule has 2 aliphatic carbocycles. The maximum absolute atomic E-state index is 12.6. The number of hydrogen-bond donors (Lipinski definition) is 5. The maximum atomic E-state index is 12.6. The van der Waals surface area contributed by atoms with E-state index >= 15 is 0 Å². The Morgan fingerprint density at radius 2 is 0.981 bits per heavy atom. The standard InChI is InChI=1S/C19H25N3O6S.C18H32N4O4.C17H21N3O4S.C9H15N3O2S.C8H17NO2/c1-5-22(18(23)28-13-15-9-7-6-8-10-15)14-19(26-2,27-3)16-11-12-20-17(21-16)29(4,24)25;1-5-19-12-18(24-3,25-4)16-10-11-20-17(22-16)21-14-6-8-15(9-7-14)26-13-23-2;1-22-17(23-2,14-9-10-18-15(20-14)25-3)12-19-16(21)24-11-13-7-5-4-6-8-13;1-13-9(6-10,14-2)7-4-5-11-8(12-7)15-3;1-10-6-11-8-4-2-7(9)3-5-8/h6-12H,5,13-14H2,1-4H3;10-11,14-15,19H,5-9,12-13H2,1-4H3,(H,20,21,22);4-10H,11-12H2,1-3H3,(H,19,21);4-5H,6,10H2,1-3H3;7-8H,2-6,9H2,1H3. The van der Waals surface area contributed by atoms with Gasteiger partial charge in [0.15, 0.2) is 10.3 Å². The number of rotatable bonds is 36. The number of aromatic nitrogens is 8. The first-order valence-corrected chi connectivity index (χ1v) is 38.5. The number of benzene rings is 2. The summed E-state index contributed by atoms with van der Waals surface area (Å²) in [5.41, 5.74) is 15.1. The first-order valence-electron chi connectivity index (χ1n) is 34.2. The predicted octanol–water partition coefficient (Wildman–Crippen LogP) is 7.91. The molecule has 2 aromatic carbocycles. The number of likely N-dealkylation sites (N-methyl/N-ethyl adjacent to an activating group) is 2. The second-order valence-electron chi connectivity index (χ2n) is 23.5. The highest BCUT2D eigenvalue weighted by molar-refractivity contribution is 7.98. The highest BCUT2D eigenvalue weighted by atomic mass is 32.2. The van der Waals surface area contributed by atoms with Crippen LogP contribution in [0.5, 0.6) is 0 Å². The molecule has 35 heteroatoms. The number of sulfone groups is 1. The Labute approximate surface area is 632 Å². The smallest absolute Gasteiger partial charge is 0.410 e. The van der Waals surface area contributed by atoms with E-state index in [4.69, 9.17) is 77.8 Å². The number of nitrogens with zero attached hydrogens (tertiary/aromatic N) is 9. The number of hydrogen-bond acceptors (Lipinski definition) is 32. The van der Waals surface area contributed by atoms with Gasteiger partial charge in [0.05, 0.1) is 38.4 Å². The van der Waals surface area contributed by atoms with Crippen LogP contribution in [0.1, 0.15) is 99.1 Å². The van der Waals surface area contributed by atoms with Crippen LogP contribution >= 0.6 is 23.5 Å². The average molecular weight is 1540 g/mol. The van der Waals surface area contributed by atoms with E-state index in [9.17, 15) is 18.0 Å². The largest absolute Gasteiger partial charge is 0.445 e. The molecule has 32 nitrogen and oxygen atoms in total. The van der Waals surface area contributed by atoms with Crippen LogP contribution < -0.4 is 27.4 Å². The third kappa shape index (κ3) is 29.6. The molecule has 4 aromatic heterocycles. The van der Waals surface area contributed by atoms with Gasteiger partial charge in [0, 0.05) is 121 Å². The monoisotopic (exact) mass is 1540 g/mol. The Morgan fingerprint density at radius 3 is 1.42 bits per heavy atom. The number of thioether (sulfide) groups is 2. The van der Waals surface area contributed by atoms with Crippen LogP contribution in [-0.2, 0) is 113 Å². The van der Waals surface area contributed by atoms with Gasteiger partial charge in [-0.15, -0.1) is 0 Å². The zero-order valence-corrected chi connectivity index (χ0v) is 66.1. The lowest BCUT2D eigenvalue weighted by atomic mass is 9.93. The summed E-state index contributed by atoms with van der Waals surface area (Å²) in [5, 5.41) is 10.2. The molecule has 7 N–H and O–H groups in total. The third-order valence-electron chi connectivity index (χ3n) is 16.8. The fourth-order valence-corrected chi connectivity index (χ4v) is 11.8. The average Bonchev–Trinajstić information content (AvgIpc) is 0.779. The van der Waals surface area contributed by atoms with E-state index in [0.717, 1.165) is 75.3 Å². The van der Waals surface area contributed by atoms with Crippen LogP contribution in [0, 0.1) is 0 Å². The van der Waals surface area contributed by atoms with Crippen LogP contribution in [-0.4, -0.2) is 232 Å². The van der Waals surface area contributed by atoms with Gasteiger partial charge in [0.2, 0.25) is 44.1 Å². The summed E-state index contributed by atoms with van der Waals surface area (Å²) in [6.45, 7) is 6.71. The Hall–Kier alpha value is -6.85. The second-order valence-corrected chi connectivity index (χ2v) is 27.0. The van der Waals surface area contributed by atoms with Crippen LogP contribution in [0.2, 0.25) is 0 Å². The van der Waals surface area contributed by atoms with E-state index in [1.54, 1.807) is 66.1 Å². The first kappa shape index (κ1) is 91.5. The van der Waals surface area contributed by atoms with Crippen molar-refractivity contribution in [3.05, 3.63) is 144 Å². The van der Waals surface area contributed by atoms with E-state index in [1.165, 1.54) is 83.3 Å². The van der Waals surface area contributed by atoms with Crippen molar-refractivity contribution in [1.82, 2.24) is 55.4 Å². The van der Waals surface area contributed by atoms with E-state index in [0.29, 0.717) is 78.2 Å². The van der Waals surface area contributed by atoms with Crippen molar-refractivity contribution in [1.29, 1.82) is 0 Å². The van der Waals surface area contributed by atoms with Crippen molar-refractivity contribution in [2.24, 2.45) is 11.5 Å². The lowest BCUT2D eigenvalue weighted by molar-refractivity contribution is -0.226. The van der Waals surface area contributed by atoms with Gasteiger partial charge in [0.1, 0.15) is 49.6 Å². The number of ether oxygens (including phenoxy) is 14. The number of anilines is 1. The molecule has 2 aliphatic rings. The van der Waals surface area contributed by atoms with Gasteiger partial charge in [0.25, 0.3) is 0 Å². The highest BCUT2D eigenvalue weighted by Gasteiger charge is 2.40. The molecule has 590 valence electrons. The molecular weight excluding hydrogens is 1430 g/mol. The van der Waals surface area contributed by atoms with Crippen LogP contribution in [0.15, 0.2) is 125 Å². The number of nitrogens with one attached hydrogen (secondary N) is 3. The number of nitrogens with two attached hydrogens (primary N) is 2. The lowest BCUT2D eigenvalue weighted by Crippen LogP contribution is -2.47. The number of amides is 2. The highest BCUT2D eigenvalue weighted by Crippen LogP contribution is 2.31. The van der Waals surface area contributed by atoms with E-state index in [2.05, 4.69) is 55.8 Å². The molecule has 0 atom stereocenters. The third-order valence-corrected chi connectivity index (χ3v) is 18.8. The fourth-order valence-electron chi connectivity index (χ4n) is 10.6. The van der Waals surface area contributed by atoms with Crippen molar-refractivity contribution in [2.75, 3.05) is 148 Å². The normalized spacial score (nSPS) is 16.0. The molecule has 0 bridgehead atoms. The van der Waals surface area contributed by atoms with Crippen molar-refractivity contribution in [2.45, 2.75) is 141 Å². The van der Waals surface area contributed by atoms with Gasteiger partial charge in [-0.2, -0.15) is 0 Å². The van der Waals surface area contributed by atoms with Crippen LogP contribution in [0.3, 0.4) is 0 Å². The van der Waals surface area contributed by atoms with E-state index < -0.39 is 45.2 Å². The first-order chi connectivity index (χ1) is 51.1. The van der Waals surface area contributed by atoms with Crippen LogP contribution in [0.4, 0.5) is 15.5 Å². The molecule has 0 aliphatic heterocycles. The summed E-state index contributed by atoms with van der Waals surface area (Å²) in [6, 6.07) is 26.2. The molecule has 8 rings (SSSR count). The molecule has 106 heavy (non-hydrogen) atoms. The molecule has 2 saturated carbocycles. The Balaban J connectivity index is 0.000000290. The fraction of sp³-hybridized carbons (Fsp3) is 0.577. The summed E-state index contributed by atoms with van der Waals surface area (Å²) < 4.78 is 98.9. The van der Waals surface area contributed by atoms with Crippen molar-refractivity contribution in [3.8, 4) is 0 Å². The minimum absolute atomic E-state index is 0.0401. The summed E-state index contributed by atoms with van der Waals surface area (Å²) in [6.07, 6.45) is 19.0. The Morgan fingerprint density at radius 1 is 0.547 bits per heavy atom. The van der Waals surface area contributed by atoms with Gasteiger partial charge in [-0.25, -0.2) is 57.9 Å². The Kier molecular flexibility index (Phi) is 42.5. The zero-order chi connectivity index (χ0) is 77.9. The van der Waals surface area contributed by atoms with Crippen molar-refractivity contribution < 1.29 is 84.3 Å². The van der Waals surface area contributed by atoms with Gasteiger partial charge in [-0.1, -0.05) is 91.1 Å². The molecule has 0 spiro atoms. The molecule has 0 radical (unpaired) electrons. The zero-order valence-electron chi connectivity index (χ0n) is 63.7. The minimum atomic E-state index is -3.63. The number of carbonyl (C=O) groups is 2. The van der Waals surface area contributed by atoms with Gasteiger partial charge in [-0.05, 0) is 113 Å². The Bertz CT molecular complexity index is 3500. The summed E-state index contributed by atoms with van der Waals surface area (Å²) in [5.74, 6) is -4.03. The van der Waals surface area contributed by atoms with Crippen molar-refractivity contribution in [3.63, 3.8) is 0 Å². The predicted molar refractivity (Wildman–Crippen MR) is 400 cm³/mol. The maximum Gasteiger partial charge on any atom is 0.410 e. The lowest BCUT2D eigenvalue weighted by Gasteiger charge is -2.34. The number of alkyl carbamates (subject to hydrolysis) is 1. The summed E-state index contributed by atoms with van der Waals surface area (Å²) in [4.78, 5) is 59.7. The van der Waals surface area contributed by atoms with E-state index in [-0.39, 0.29) is 49.8 Å². The summed E-state index contributed by atoms with van der Waals surface area (Å²) in [7, 11) is 11.7. The van der Waals surface area contributed by atoms with E-state index in [1.807, 2.05) is 86.2 Å². The minimum Gasteiger partial charge on any atom is -0.445 e. The quantitative estimate of drug-likeness (QED) is 0.0142. The SMILES string of the molecule is CCN(CC(OC)(OC)c1ccnc(S(C)(=O)=O)n1)C(=O)OCc1ccccc1.CCNCC(OC)(OC)c1ccnc(NC2CCC(OCOC)CC2)n1.COC(CN)(OC)c1ccnc(SC)n1.COC(CNC(=O)OCc1ccccc1)(OC)c1ccnc(SC)n1.COCOC1CCC(N)CC1.